The topological polar surface area (TPSA) is 112 Å². The monoisotopic (exact) mass is 558 g/mol. The molecule has 2 atom stereocenters. The van der Waals surface area contributed by atoms with Crippen LogP contribution in [-0.4, -0.2) is 62.4 Å². The summed E-state index contributed by atoms with van der Waals surface area (Å²) in [6, 6.07) is 13.3. The molecule has 0 aliphatic carbocycles. The number of β-amino-alcohol motifs (C(OH)–C–C–N with tert-alkyl or cyclic N) is 1. The van der Waals surface area contributed by atoms with Crippen LogP contribution in [-0.2, 0) is 17.5 Å². The first kappa shape index (κ1) is 29.1. The lowest BCUT2D eigenvalue weighted by molar-refractivity contribution is -0.137. The Morgan fingerprint density at radius 2 is 1.85 bits per heavy atom. The number of aliphatic hydroxyl groups excluding tert-OH is 1. The van der Waals surface area contributed by atoms with Gasteiger partial charge in [-0.05, 0) is 44.9 Å². The molecule has 12 heteroatoms. The number of nitrogens with zero attached hydrogens (tertiary/aromatic N) is 4. The molecule has 0 bridgehead atoms. The molecule has 3 aromatic rings. The third-order valence-corrected chi connectivity index (χ3v) is 6.36. The van der Waals surface area contributed by atoms with Gasteiger partial charge in [0.05, 0.1) is 18.3 Å². The lowest BCUT2D eigenvalue weighted by Crippen LogP contribution is -2.49. The highest BCUT2D eigenvalue weighted by Gasteiger charge is 2.37. The summed E-state index contributed by atoms with van der Waals surface area (Å²) in [4.78, 5) is 26.0. The molecular formula is C28H33F3N6O3. The van der Waals surface area contributed by atoms with Crippen molar-refractivity contribution in [3.8, 4) is 11.3 Å². The highest BCUT2D eigenvalue weighted by Crippen LogP contribution is 2.34. The number of pyridine rings is 1. The van der Waals surface area contributed by atoms with Crippen molar-refractivity contribution in [2.24, 2.45) is 5.92 Å². The third-order valence-electron chi connectivity index (χ3n) is 6.36. The molecule has 1 saturated heterocycles. The summed E-state index contributed by atoms with van der Waals surface area (Å²) in [6.45, 7) is 5.94. The lowest BCUT2D eigenvalue weighted by atomic mass is 9.94. The maximum Gasteiger partial charge on any atom is 0.421 e. The molecule has 9 nitrogen and oxygen atoms in total. The number of rotatable bonds is 7. The van der Waals surface area contributed by atoms with Crippen molar-refractivity contribution < 1.29 is 27.8 Å². The van der Waals surface area contributed by atoms with Crippen LogP contribution in [0.5, 0.6) is 0 Å². The fourth-order valence-electron chi connectivity index (χ4n) is 4.26. The molecule has 214 valence electrons. The van der Waals surface area contributed by atoms with E-state index >= 15 is 0 Å². The van der Waals surface area contributed by atoms with Crippen LogP contribution in [0.2, 0.25) is 0 Å². The van der Waals surface area contributed by atoms with Crippen LogP contribution in [0.1, 0.15) is 38.3 Å². The van der Waals surface area contributed by atoms with Gasteiger partial charge in [0.25, 0.3) is 0 Å². The van der Waals surface area contributed by atoms with Gasteiger partial charge in [-0.15, -0.1) is 0 Å². The number of hydrogen-bond acceptors (Lipinski definition) is 8. The van der Waals surface area contributed by atoms with Gasteiger partial charge in [0.15, 0.2) is 0 Å². The molecule has 1 aliphatic rings. The van der Waals surface area contributed by atoms with E-state index in [-0.39, 0.29) is 30.8 Å². The predicted octanol–water partition coefficient (Wildman–Crippen LogP) is 5.20. The van der Waals surface area contributed by atoms with Crippen LogP contribution in [0.3, 0.4) is 0 Å². The number of carbonyl (C=O) groups excluding carboxylic acids is 1. The molecule has 0 radical (unpaired) electrons. The maximum atomic E-state index is 13.7. The molecule has 0 unspecified atom stereocenters. The SMILES string of the molecule is CC(C)(C)OC(=O)N1CC[C@H](CNc2nc(NCc3ccc(-c4ccccn4)cc3)ncc2C(F)(F)F)[C@@H](O)C1. The lowest BCUT2D eigenvalue weighted by Gasteiger charge is -2.36. The molecule has 3 N–H and O–H groups in total. The molecule has 1 amide bonds. The van der Waals surface area contributed by atoms with Crippen LogP contribution in [0.4, 0.5) is 29.7 Å². The Balaban J connectivity index is 1.38. The van der Waals surface area contributed by atoms with Gasteiger partial charge in [0.1, 0.15) is 17.0 Å². The smallest absolute Gasteiger partial charge is 0.421 e. The first-order valence-electron chi connectivity index (χ1n) is 13.0. The number of hydrogen-bond donors (Lipinski definition) is 3. The van der Waals surface area contributed by atoms with Crippen molar-refractivity contribution in [1.82, 2.24) is 19.9 Å². The molecule has 0 saturated carbocycles. The number of aliphatic hydroxyl groups is 1. The van der Waals surface area contributed by atoms with Gasteiger partial charge in [-0.25, -0.2) is 9.78 Å². The number of piperidine rings is 1. The second-order valence-corrected chi connectivity index (χ2v) is 10.6. The summed E-state index contributed by atoms with van der Waals surface area (Å²) < 4.78 is 46.4. The summed E-state index contributed by atoms with van der Waals surface area (Å²) >= 11 is 0. The molecule has 2 aromatic heterocycles. The molecule has 40 heavy (non-hydrogen) atoms. The molecule has 1 fully saturated rings. The first-order valence-corrected chi connectivity index (χ1v) is 13.0. The summed E-state index contributed by atoms with van der Waals surface area (Å²) in [5.41, 5.74) is 0.997. The number of likely N-dealkylation sites (tertiary alicyclic amines) is 1. The summed E-state index contributed by atoms with van der Waals surface area (Å²) in [6.07, 6.45) is -3.29. The molecular weight excluding hydrogens is 525 g/mol. The standard InChI is InChI=1S/C28H33F3N6O3/c1-27(2,3)40-26(39)37-13-11-20(23(38)17-37)15-33-24-21(28(29,30)31)16-35-25(36-24)34-14-18-7-9-19(10-8-18)22-6-4-5-12-32-22/h4-10,12,16,20,23,38H,11,13-15,17H2,1-3H3,(H2,33,34,35,36)/t20-,23+/m1/s1. The fraction of sp³-hybridized carbons (Fsp3) is 0.429. The molecule has 3 heterocycles. The van der Waals surface area contributed by atoms with E-state index in [4.69, 9.17) is 4.74 Å². The van der Waals surface area contributed by atoms with E-state index in [0.29, 0.717) is 19.5 Å². The minimum Gasteiger partial charge on any atom is -0.444 e. The average Bonchev–Trinajstić information content (AvgIpc) is 2.90. The Labute approximate surface area is 230 Å². The third kappa shape index (κ3) is 7.81. The van der Waals surface area contributed by atoms with Crippen LogP contribution >= 0.6 is 0 Å². The second kappa shape index (κ2) is 12.1. The van der Waals surface area contributed by atoms with E-state index in [1.54, 1.807) is 27.0 Å². The molecule has 4 rings (SSSR count). The van der Waals surface area contributed by atoms with Crippen molar-refractivity contribution in [3.63, 3.8) is 0 Å². The normalized spacial score (nSPS) is 17.8. The van der Waals surface area contributed by atoms with E-state index in [9.17, 15) is 23.1 Å². The highest BCUT2D eigenvalue weighted by atomic mass is 19.4. The quantitative estimate of drug-likeness (QED) is 0.363. The number of ether oxygens (including phenoxy) is 1. The van der Waals surface area contributed by atoms with E-state index in [0.717, 1.165) is 23.0 Å². The predicted molar refractivity (Wildman–Crippen MR) is 144 cm³/mol. The number of carbonyl (C=O) groups is 1. The highest BCUT2D eigenvalue weighted by molar-refractivity contribution is 5.68. The van der Waals surface area contributed by atoms with Crippen LogP contribution < -0.4 is 10.6 Å². The summed E-state index contributed by atoms with van der Waals surface area (Å²) in [7, 11) is 0. The Morgan fingerprint density at radius 1 is 1.10 bits per heavy atom. The number of nitrogens with one attached hydrogen (secondary N) is 2. The van der Waals surface area contributed by atoms with Gasteiger partial charge in [-0.1, -0.05) is 30.3 Å². The van der Waals surface area contributed by atoms with Crippen LogP contribution in [0.25, 0.3) is 11.3 Å². The zero-order valence-electron chi connectivity index (χ0n) is 22.6. The number of alkyl halides is 3. The fourth-order valence-corrected chi connectivity index (χ4v) is 4.26. The summed E-state index contributed by atoms with van der Waals surface area (Å²) in [5.74, 6) is -0.731. The van der Waals surface area contributed by atoms with Crippen molar-refractivity contribution in [3.05, 3.63) is 66.0 Å². The Bertz CT molecular complexity index is 1280. The van der Waals surface area contributed by atoms with Gasteiger partial charge in [0.2, 0.25) is 5.95 Å². The zero-order chi connectivity index (χ0) is 28.9. The Morgan fingerprint density at radius 3 is 2.48 bits per heavy atom. The van der Waals surface area contributed by atoms with E-state index in [1.165, 1.54) is 4.90 Å². The number of amides is 1. The number of benzene rings is 1. The van der Waals surface area contributed by atoms with Crippen LogP contribution in [0, 0.1) is 5.92 Å². The first-order chi connectivity index (χ1) is 18.9. The largest absolute Gasteiger partial charge is 0.444 e. The van der Waals surface area contributed by atoms with E-state index < -0.39 is 29.5 Å². The van der Waals surface area contributed by atoms with Crippen molar-refractivity contribution in [2.45, 2.75) is 51.6 Å². The number of anilines is 2. The van der Waals surface area contributed by atoms with Crippen molar-refractivity contribution in [2.75, 3.05) is 30.3 Å². The average molecular weight is 559 g/mol. The van der Waals surface area contributed by atoms with Gasteiger partial charge in [-0.3, -0.25) is 4.98 Å². The number of aromatic nitrogens is 3. The van der Waals surface area contributed by atoms with Gasteiger partial charge in [0, 0.05) is 43.5 Å². The van der Waals surface area contributed by atoms with Crippen molar-refractivity contribution in [1.29, 1.82) is 0 Å². The summed E-state index contributed by atoms with van der Waals surface area (Å²) in [5, 5.41) is 16.3. The van der Waals surface area contributed by atoms with Crippen molar-refractivity contribution >= 4 is 17.9 Å². The maximum absolute atomic E-state index is 13.7. The van der Waals surface area contributed by atoms with Gasteiger partial charge >= 0.3 is 12.3 Å². The van der Waals surface area contributed by atoms with Crippen LogP contribution in [0.15, 0.2) is 54.9 Å². The van der Waals surface area contributed by atoms with E-state index in [1.807, 2.05) is 42.5 Å². The molecule has 0 spiro atoms. The van der Waals surface area contributed by atoms with E-state index in [2.05, 4.69) is 25.6 Å². The minimum absolute atomic E-state index is 0.0308. The molecule has 1 aromatic carbocycles. The second-order valence-electron chi connectivity index (χ2n) is 10.6. The Kier molecular flexibility index (Phi) is 8.77. The molecule has 1 aliphatic heterocycles. The van der Waals surface area contributed by atoms with Gasteiger partial charge < -0.3 is 25.4 Å². The van der Waals surface area contributed by atoms with Gasteiger partial charge in [-0.2, -0.15) is 18.2 Å². The zero-order valence-corrected chi connectivity index (χ0v) is 22.6. The number of halogens is 3. The Hall–Kier alpha value is -3.93. The minimum atomic E-state index is -4.67.